The maximum Gasteiger partial charge on any atom is 6.00 e. The SMILES string of the molecule is CC(=O)[O-].CC(=O)[O-].CC(=O)[O-].CC(=O)[O-].CC(=O)[O-].CC(=O)[O-].[W+6]. The number of carboxylic acids is 6. The molecule has 0 atom stereocenters. The van der Waals surface area contributed by atoms with Crippen molar-refractivity contribution < 1.29 is 80.5 Å². The summed E-state index contributed by atoms with van der Waals surface area (Å²) in [7, 11) is 0. The summed E-state index contributed by atoms with van der Waals surface area (Å²) in [5.41, 5.74) is 0. The van der Waals surface area contributed by atoms with Gasteiger partial charge < -0.3 is 59.4 Å². The second-order valence-electron chi connectivity index (χ2n) is 2.95. The van der Waals surface area contributed by atoms with Crippen LogP contribution >= 0.6 is 0 Å². The molecule has 0 bridgehead atoms. The third-order valence-electron chi connectivity index (χ3n) is 0. The van der Waals surface area contributed by atoms with Gasteiger partial charge in [0.1, 0.15) is 0 Å². The van der Waals surface area contributed by atoms with E-state index in [0.29, 0.717) is 0 Å². The number of carbonyl (C=O) groups is 6. The van der Waals surface area contributed by atoms with E-state index < -0.39 is 35.8 Å². The van der Waals surface area contributed by atoms with Crippen LogP contribution in [0.2, 0.25) is 0 Å². The first-order valence-corrected chi connectivity index (χ1v) is 5.45. The minimum Gasteiger partial charge on any atom is -0.550 e. The van der Waals surface area contributed by atoms with Gasteiger partial charge in [0.25, 0.3) is 0 Å². The third kappa shape index (κ3) is 1320. The molecule has 0 saturated carbocycles. The van der Waals surface area contributed by atoms with Crippen LogP contribution in [-0.2, 0) is 49.8 Å². The molecule has 0 fully saturated rings. The van der Waals surface area contributed by atoms with E-state index >= 15 is 0 Å². The maximum absolute atomic E-state index is 8.89. The molecule has 0 saturated heterocycles. The van der Waals surface area contributed by atoms with Gasteiger partial charge in [0.15, 0.2) is 0 Å². The van der Waals surface area contributed by atoms with Gasteiger partial charge in [-0.3, -0.25) is 0 Å². The zero-order chi connectivity index (χ0) is 21.5. The number of rotatable bonds is 0. The molecule has 0 unspecified atom stereocenters. The van der Waals surface area contributed by atoms with E-state index in [1.165, 1.54) is 0 Å². The number of aliphatic carboxylic acids is 6. The zero-order valence-electron chi connectivity index (χ0n) is 14.3. The molecule has 0 heterocycles. The van der Waals surface area contributed by atoms with Crippen molar-refractivity contribution in [3.8, 4) is 0 Å². The molecule has 12 nitrogen and oxygen atoms in total. The average Bonchev–Trinajstić information content (AvgIpc) is 2.08. The Labute approximate surface area is 158 Å². The van der Waals surface area contributed by atoms with Crippen molar-refractivity contribution in [3.63, 3.8) is 0 Å². The molecular formula is C12H18O12W. The molecule has 13 heteroatoms. The van der Waals surface area contributed by atoms with Crippen molar-refractivity contribution in [2.45, 2.75) is 41.5 Å². The van der Waals surface area contributed by atoms with E-state index in [2.05, 4.69) is 0 Å². The Morgan fingerprint density at radius 2 is 0.360 bits per heavy atom. The van der Waals surface area contributed by atoms with Crippen molar-refractivity contribution in [1.29, 1.82) is 0 Å². The zero-order valence-corrected chi connectivity index (χ0v) is 17.2. The molecule has 0 aromatic rings. The third-order valence-corrected chi connectivity index (χ3v) is 0. The summed E-state index contributed by atoms with van der Waals surface area (Å²) in [5, 5.41) is 53.3. The second-order valence-corrected chi connectivity index (χ2v) is 2.95. The van der Waals surface area contributed by atoms with Gasteiger partial charge in [-0.25, -0.2) is 0 Å². The van der Waals surface area contributed by atoms with Crippen molar-refractivity contribution in [2.24, 2.45) is 0 Å². The van der Waals surface area contributed by atoms with Crippen molar-refractivity contribution in [2.75, 3.05) is 0 Å². The molecule has 0 spiro atoms. The monoisotopic (exact) mass is 538 g/mol. The summed E-state index contributed by atoms with van der Waals surface area (Å²) in [5.74, 6) is -6.50. The molecule has 0 radical (unpaired) electrons. The van der Waals surface area contributed by atoms with Gasteiger partial charge in [-0.2, -0.15) is 0 Å². The predicted octanol–water partition coefficient (Wildman–Crippen LogP) is -7.47. The molecule has 0 aliphatic rings. The summed E-state index contributed by atoms with van der Waals surface area (Å²) >= 11 is 0. The molecule has 0 aromatic heterocycles. The number of carboxylic acid groups (broad SMARTS) is 6. The first-order valence-electron chi connectivity index (χ1n) is 5.45. The van der Waals surface area contributed by atoms with E-state index in [-0.39, 0.29) is 21.1 Å². The second kappa shape index (κ2) is 37.6. The molecule has 0 N–H and O–H groups in total. The normalized spacial score (nSPS) is 6.00. The fraction of sp³-hybridized carbons (Fsp3) is 0.500. The van der Waals surface area contributed by atoms with Crippen LogP contribution in [0.25, 0.3) is 0 Å². The summed E-state index contributed by atoms with van der Waals surface area (Å²) in [4.78, 5) is 53.3. The minimum atomic E-state index is -1.08. The maximum atomic E-state index is 8.89. The molecular weight excluding hydrogens is 520 g/mol. The van der Waals surface area contributed by atoms with Crippen molar-refractivity contribution >= 4 is 35.8 Å². The predicted molar refractivity (Wildman–Crippen MR) is 64.1 cm³/mol. The quantitative estimate of drug-likeness (QED) is 0.279. The molecule has 0 rings (SSSR count). The Hall–Kier alpha value is -2.49. The summed E-state index contributed by atoms with van der Waals surface area (Å²) in [6.07, 6.45) is 0. The Morgan fingerprint density at radius 3 is 0.360 bits per heavy atom. The van der Waals surface area contributed by atoms with Crippen molar-refractivity contribution in [3.05, 3.63) is 0 Å². The van der Waals surface area contributed by atoms with E-state index in [1.54, 1.807) is 0 Å². The standard InChI is InChI=1S/6C2H4O2.W/c6*1-2(3)4;/h6*1H3,(H,3,4);/q;;;;;;+6/p-6. The van der Waals surface area contributed by atoms with Crippen LogP contribution in [0.15, 0.2) is 0 Å². The number of carbonyl (C=O) groups excluding carboxylic acids is 6. The van der Waals surface area contributed by atoms with Gasteiger partial charge >= 0.3 is 21.1 Å². The molecule has 25 heavy (non-hydrogen) atoms. The van der Waals surface area contributed by atoms with E-state index in [9.17, 15) is 0 Å². The first-order chi connectivity index (χ1) is 10.4. The fourth-order valence-electron chi connectivity index (χ4n) is 0. The number of hydrogen-bond donors (Lipinski definition) is 0. The molecule has 0 aliphatic carbocycles. The first kappa shape index (κ1) is 43.3. The van der Waals surface area contributed by atoms with Crippen LogP contribution in [0.4, 0.5) is 0 Å². The van der Waals surface area contributed by atoms with Crippen LogP contribution in [0.1, 0.15) is 41.5 Å². The van der Waals surface area contributed by atoms with Crippen LogP contribution in [0, 0.1) is 0 Å². The minimum absolute atomic E-state index is 0. The summed E-state index contributed by atoms with van der Waals surface area (Å²) < 4.78 is 0. The Balaban J connectivity index is -0.0000000309. The Bertz CT molecular complexity index is 261. The van der Waals surface area contributed by atoms with E-state index in [1.807, 2.05) is 0 Å². The van der Waals surface area contributed by atoms with Crippen LogP contribution in [0.3, 0.4) is 0 Å². The fourth-order valence-corrected chi connectivity index (χ4v) is 0. The molecule has 0 amide bonds. The Kier molecular flexibility index (Phi) is 65.1. The summed E-state index contributed by atoms with van der Waals surface area (Å²) in [6.45, 7) is 5.83. The number of hydrogen-bond acceptors (Lipinski definition) is 12. The molecule has 0 aromatic carbocycles. The van der Waals surface area contributed by atoms with Gasteiger partial charge in [0.05, 0.1) is 0 Å². The van der Waals surface area contributed by atoms with E-state index in [4.69, 9.17) is 59.4 Å². The molecule has 0 aliphatic heterocycles. The molecule has 144 valence electrons. The van der Waals surface area contributed by atoms with Crippen LogP contribution < -0.4 is 30.6 Å². The van der Waals surface area contributed by atoms with Gasteiger partial charge in [0, 0.05) is 35.8 Å². The van der Waals surface area contributed by atoms with Crippen molar-refractivity contribution in [1.82, 2.24) is 0 Å². The smallest absolute Gasteiger partial charge is 0.550 e. The van der Waals surface area contributed by atoms with Crippen LogP contribution in [0.5, 0.6) is 0 Å². The van der Waals surface area contributed by atoms with Gasteiger partial charge in [-0.05, 0) is 41.5 Å². The van der Waals surface area contributed by atoms with Gasteiger partial charge in [-0.15, -0.1) is 0 Å². The van der Waals surface area contributed by atoms with E-state index in [0.717, 1.165) is 41.5 Å². The largest absolute Gasteiger partial charge is 6.00 e. The van der Waals surface area contributed by atoms with Gasteiger partial charge in [0.2, 0.25) is 0 Å². The average molecular weight is 538 g/mol. The summed E-state index contributed by atoms with van der Waals surface area (Å²) in [6, 6.07) is 0. The van der Waals surface area contributed by atoms with Crippen LogP contribution in [-0.4, -0.2) is 35.8 Å². The Morgan fingerprint density at radius 1 is 0.360 bits per heavy atom. The van der Waals surface area contributed by atoms with Gasteiger partial charge in [-0.1, -0.05) is 0 Å². The topological polar surface area (TPSA) is 241 Å².